The molecule has 1 saturated heterocycles. The van der Waals surface area contributed by atoms with Crippen LogP contribution in [-0.2, 0) is 0 Å². The van der Waals surface area contributed by atoms with Crippen molar-refractivity contribution in [3.63, 3.8) is 0 Å². The second kappa shape index (κ2) is 4.62. The summed E-state index contributed by atoms with van der Waals surface area (Å²) < 4.78 is 13.6. The van der Waals surface area contributed by atoms with Crippen molar-refractivity contribution >= 4 is 16.9 Å². The summed E-state index contributed by atoms with van der Waals surface area (Å²) >= 11 is 0. The summed E-state index contributed by atoms with van der Waals surface area (Å²) in [5, 5.41) is 3.22. The molecule has 19 heavy (non-hydrogen) atoms. The maximum atomic E-state index is 13.6. The molecule has 0 bridgehead atoms. The number of rotatable bonds is 1. The minimum atomic E-state index is -0.428. The van der Waals surface area contributed by atoms with Crippen LogP contribution in [0.1, 0.15) is 17.3 Å². The molecule has 0 unspecified atom stereocenters. The molecule has 1 aromatic heterocycles. The number of piperazine rings is 1. The first-order valence-corrected chi connectivity index (χ1v) is 6.31. The molecule has 1 fully saturated rings. The molecular weight excluding hydrogens is 247 g/mol. The smallest absolute Gasteiger partial charge is 0.256 e. The molecule has 0 aliphatic carbocycles. The first-order valence-electron chi connectivity index (χ1n) is 6.31. The largest absolute Gasteiger partial charge is 0.344 e. The van der Waals surface area contributed by atoms with E-state index in [1.54, 1.807) is 4.90 Å². The van der Waals surface area contributed by atoms with Gasteiger partial charge in [-0.1, -0.05) is 0 Å². The highest BCUT2D eigenvalue weighted by molar-refractivity contribution is 6.05. The monoisotopic (exact) mass is 262 g/mol. The minimum absolute atomic E-state index is 0.0958. The number of hydrogen-bond donors (Lipinski definition) is 2. The van der Waals surface area contributed by atoms with E-state index in [4.69, 9.17) is 0 Å². The lowest BCUT2D eigenvalue weighted by molar-refractivity contribution is 0.0657. The summed E-state index contributed by atoms with van der Waals surface area (Å²) in [6.45, 7) is 4.12. The highest BCUT2D eigenvalue weighted by atomic mass is 19.1. The lowest BCUT2D eigenvalue weighted by Gasteiger charge is -2.34. The first-order chi connectivity index (χ1) is 9.16. The van der Waals surface area contributed by atoms with Crippen molar-refractivity contribution in [2.75, 3.05) is 19.6 Å². The van der Waals surface area contributed by atoms with Crippen molar-refractivity contribution in [2.45, 2.75) is 13.0 Å². The molecule has 0 radical (unpaired) electrons. The van der Waals surface area contributed by atoms with Gasteiger partial charge in [-0.2, -0.15) is 0 Å². The molecule has 0 saturated carbocycles. The van der Waals surface area contributed by atoms with E-state index in [0.717, 1.165) is 13.1 Å². The van der Waals surface area contributed by atoms with Gasteiger partial charge >= 0.3 is 0 Å². The predicted octanol–water partition coefficient (Wildman–Crippen LogP) is 1.14. The predicted molar refractivity (Wildman–Crippen MR) is 69.4 cm³/mol. The molecule has 3 rings (SSSR count). The topological polar surface area (TPSA) is 61.0 Å². The number of amides is 1. The van der Waals surface area contributed by atoms with Crippen LogP contribution in [0.4, 0.5) is 4.39 Å². The molecule has 2 N–H and O–H groups in total. The number of carbonyl (C=O) groups is 1. The Kier molecular flexibility index (Phi) is 2.94. The Morgan fingerprint density at radius 2 is 2.37 bits per heavy atom. The number of nitrogens with zero attached hydrogens (tertiary/aromatic N) is 2. The van der Waals surface area contributed by atoms with Crippen LogP contribution in [0.2, 0.25) is 0 Å². The van der Waals surface area contributed by atoms with E-state index in [-0.39, 0.29) is 11.9 Å². The van der Waals surface area contributed by atoms with Gasteiger partial charge in [-0.25, -0.2) is 9.37 Å². The zero-order chi connectivity index (χ0) is 13.4. The van der Waals surface area contributed by atoms with Gasteiger partial charge in [0, 0.05) is 25.7 Å². The van der Waals surface area contributed by atoms with Crippen molar-refractivity contribution in [1.82, 2.24) is 20.2 Å². The fourth-order valence-electron chi connectivity index (χ4n) is 2.48. The Morgan fingerprint density at radius 3 is 3.16 bits per heavy atom. The fraction of sp³-hybridized carbons (Fsp3) is 0.385. The van der Waals surface area contributed by atoms with Crippen molar-refractivity contribution in [1.29, 1.82) is 0 Å². The first kappa shape index (κ1) is 12.1. The van der Waals surface area contributed by atoms with Gasteiger partial charge in [0.05, 0.1) is 17.4 Å². The molecule has 2 heterocycles. The number of fused-ring (bicyclic) bond motifs is 1. The SMILES string of the molecule is C[C@H]1CNCCN1C(=O)c1cc(F)cc2[nH]cnc12. The number of carbonyl (C=O) groups excluding carboxylic acids is 1. The van der Waals surface area contributed by atoms with Crippen molar-refractivity contribution in [3.05, 3.63) is 29.8 Å². The Labute approximate surface area is 109 Å². The number of H-pyrrole nitrogens is 1. The second-order valence-corrected chi connectivity index (χ2v) is 4.80. The van der Waals surface area contributed by atoms with E-state index in [1.807, 2.05) is 6.92 Å². The van der Waals surface area contributed by atoms with E-state index in [9.17, 15) is 9.18 Å². The van der Waals surface area contributed by atoms with Gasteiger partial charge in [0.25, 0.3) is 5.91 Å². The van der Waals surface area contributed by atoms with Gasteiger partial charge in [0.15, 0.2) is 0 Å². The van der Waals surface area contributed by atoms with Crippen LogP contribution in [0.5, 0.6) is 0 Å². The number of aromatic nitrogens is 2. The zero-order valence-corrected chi connectivity index (χ0v) is 10.6. The van der Waals surface area contributed by atoms with Gasteiger partial charge in [-0.15, -0.1) is 0 Å². The maximum absolute atomic E-state index is 13.6. The van der Waals surface area contributed by atoms with Crippen LogP contribution in [0, 0.1) is 5.82 Å². The average Bonchev–Trinajstić information content (AvgIpc) is 2.85. The Hall–Kier alpha value is -1.95. The molecule has 1 atom stereocenters. The molecule has 0 spiro atoms. The number of aromatic amines is 1. The summed E-state index contributed by atoms with van der Waals surface area (Å²) in [7, 11) is 0. The van der Waals surface area contributed by atoms with Crippen LogP contribution >= 0.6 is 0 Å². The number of benzene rings is 1. The van der Waals surface area contributed by atoms with E-state index in [0.29, 0.717) is 23.1 Å². The molecule has 6 heteroatoms. The lowest BCUT2D eigenvalue weighted by atomic mass is 10.1. The third kappa shape index (κ3) is 2.08. The number of nitrogens with one attached hydrogen (secondary N) is 2. The molecule has 1 aromatic carbocycles. The molecule has 100 valence electrons. The summed E-state index contributed by atoms with van der Waals surface area (Å²) in [5.74, 6) is -0.589. The highest BCUT2D eigenvalue weighted by Crippen LogP contribution is 2.20. The van der Waals surface area contributed by atoms with Gasteiger partial charge in [0.2, 0.25) is 0 Å². The fourth-order valence-corrected chi connectivity index (χ4v) is 2.48. The van der Waals surface area contributed by atoms with Crippen LogP contribution < -0.4 is 5.32 Å². The zero-order valence-electron chi connectivity index (χ0n) is 10.6. The van der Waals surface area contributed by atoms with Crippen LogP contribution in [0.3, 0.4) is 0 Å². The van der Waals surface area contributed by atoms with Crippen LogP contribution in [-0.4, -0.2) is 46.5 Å². The van der Waals surface area contributed by atoms with Gasteiger partial charge in [-0.05, 0) is 19.1 Å². The summed E-state index contributed by atoms with van der Waals surface area (Å²) in [5.41, 5.74) is 1.40. The molecule has 1 aliphatic heterocycles. The van der Waals surface area contributed by atoms with Crippen molar-refractivity contribution in [2.24, 2.45) is 0 Å². The van der Waals surface area contributed by atoms with Gasteiger partial charge in [-0.3, -0.25) is 4.79 Å². The number of hydrogen-bond acceptors (Lipinski definition) is 3. The van der Waals surface area contributed by atoms with Crippen molar-refractivity contribution < 1.29 is 9.18 Å². The second-order valence-electron chi connectivity index (χ2n) is 4.80. The summed E-state index contributed by atoms with van der Waals surface area (Å²) in [6.07, 6.45) is 1.47. The van der Waals surface area contributed by atoms with Gasteiger partial charge in [0.1, 0.15) is 11.3 Å². The van der Waals surface area contributed by atoms with E-state index in [1.165, 1.54) is 18.5 Å². The minimum Gasteiger partial charge on any atom is -0.344 e. The third-order valence-electron chi connectivity index (χ3n) is 3.48. The molecule has 5 nitrogen and oxygen atoms in total. The van der Waals surface area contributed by atoms with E-state index in [2.05, 4.69) is 15.3 Å². The van der Waals surface area contributed by atoms with E-state index >= 15 is 0 Å². The summed E-state index contributed by atoms with van der Waals surface area (Å²) in [4.78, 5) is 21.3. The molecule has 1 amide bonds. The standard InChI is InChI=1S/C13H15FN4O/c1-8-6-15-2-3-18(8)13(19)10-4-9(14)5-11-12(10)17-7-16-11/h4-5,7-8,15H,2-3,6H2,1H3,(H,16,17)/t8-/m0/s1. The highest BCUT2D eigenvalue weighted by Gasteiger charge is 2.26. The third-order valence-corrected chi connectivity index (χ3v) is 3.48. The molecule has 1 aliphatic rings. The lowest BCUT2D eigenvalue weighted by Crippen LogP contribution is -2.52. The normalized spacial score (nSPS) is 19.9. The number of imidazole rings is 1. The Morgan fingerprint density at radius 1 is 1.53 bits per heavy atom. The quantitative estimate of drug-likeness (QED) is 0.810. The Balaban J connectivity index is 2.03. The van der Waals surface area contributed by atoms with E-state index < -0.39 is 5.82 Å². The molecular formula is C13H15FN4O. The maximum Gasteiger partial charge on any atom is 0.256 e. The van der Waals surface area contributed by atoms with Crippen molar-refractivity contribution in [3.8, 4) is 0 Å². The van der Waals surface area contributed by atoms with Gasteiger partial charge < -0.3 is 15.2 Å². The van der Waals surface area contributed by atoms with Crippen LogP contribution in [0.15, 0.2) is 18.5 Å². The average molecular weight is 262 g/mol. The van der Waals surface area contributed by atoms with Crippen LogP contribution in [0.25, 0.3) is 11.0 Å². The number of halogens is 1. The Bertz CT molecular complexity index is 624. The summed E-state index contributed by atoms with van der Waals surface area (Å²) in [6, 6.07) is 2.71. The molecule has 2 aromatic rings.